The third-order valence-corrected chi connectivity index (χ3v) is 5.62. The molecule has 0 atom stereocenters. The van der Waals surface area contributed by atoms with E-state index in [1.54, 1.807) is 37.8 Å². The Kier molecular flexibility index (Phi) is 6.00. The van der Waals surface area contributed by atoms with Crippen LogP contribution < -0.4 is 4.74 Å². The topological polar surface area (TPSA) is 47.3 Å². The second-order valence-electron chi connectivity index (χ2n) is 8.67. The number of rotatable bonds is 5. The molecule has 0 aliphatic carbocycles. The van der Waals surface area contributed by atoms with Crippen LogP contribution in [-0.4, -0.2) is 21.8 Å². The van der Waals surface area contributed by atoms with Crippen molar-refractivity contribution in [3.8, 4) is 34.0 Å². The molecule has 176 valence electrons. The van der Waals surface area contributed by atoms with Crippen LogP contribution in [0.15, 0.2) is 72.9 Å². The fraction of sp³-hybridized carbons (Fsp3) is 0.222. The fourth-order valence-corrected chi connectivity index (χ4v) is 3.84. The van der Waals surface area contributed by atoms with Crippen LogP contribution in [0.1, 0.15) is 30.7 Å². The molecule has 1 aromatic heterocycles. The Morgan fingerprint density at radius 3 is 2.21 bits per heavy atom. The van der Waals surface area contributed by atoms with Gasteiger partial charge in [0.2, 0.25) is 0 Å². The van der Waals surface area contributed by atoms with Crippen LogP contribution in [0.2, 0.25) is 0 Å². The number of methoxy groups -OCH3 is 1. The summed E-state index contributed by atoms with van der Waals surface area (Å²) in [5.41, 5.74) is 1.61. The van der Waals surface area contributed by atoms with Crippen molar-refractivity contribution in [1.82, 2.24) is 9.55 Å². The summed E-state index contributed by atoms with van der Waals surface area (Å²) in [6.45, 7) is 5.09. The molecular weight excluding hydrogens is 441 g/mol. The van der Waals surface area contributed by atoms with E-state index in [0.717, 1.165) is 28.5 Å². The van der Waals surface area contributed by atoms with Crippen LogP contribution in [0.3, 0.4) is 0 Å². The molecule has 0 radical (unpaired) electrons. The quantitative estimate of drug-likeness (QED) is 0.353. The molecule has 0 spiro atoms. The Balaban J connectivity index is 1.87. The molecule has 1 N–H and O–H groups in total. The molecule has 0 saturated carbocycles. The molecule has 0 amide bonds. The van der Waals surface area contributed by atoms with Crippen molar-refractivity contribution in [3.63, 3.8) is 0 Å². The van der Waals surface area contributed by atoms with Gasteiger partial charge in [-0.15, -0.1) is 0 Å². The van der Waals surface area contributed by atoms with E-state index in [9.17, 15) is 18.3 Å². The predicted molar refractivity (Wildman–Crippen MR) is 126 cm³/mol. The Labute approximate surface area is 196 Å². The highest BCUT2D eigenvalue weighted by Gasteiger charge is 2.35. The largest absolute Gasteiger partial charge is 0.496 e. The van der Waals surface area contributed by atoms with Crippen LogP contribution >= 0.6 is 0 Å². The normalized spacial score (nSPS) is 12.1. The molecule has 0 unspecified atom stereocenters. The van der Waals surface area contributed by atoms with E-state index in [1.807, 2.05) is 49.4 Å². The van der Waals surface area contributed by atoms with Gasteiger partial charge in [0.25, 0.3) is 0 Å². The third kappa shape index (κ3) is 4.56. The van der Waals surface area contributed by atoms with Gasteiger partial charge in [-0.3, -0.25) is 4.57 Å². The lowest BCUT2D eigenvalue weighted by atomic mass is 10.0. The van der Waals surface area contributed by atoms with Gasteiger partial charge in [0.15, 0.2) is 0 Å². The number of imidazole rings is 1. The van der Waals surface area contributed by atoms with Gasteiger partial charge in [-0.1, -0.05) is 42.0 Å². The van der Waals surface area contributed by atoms with Crippen molar-refractivity contribution in [2.45, 2.75) is 32.5 Å². The number of halogens is 3. The first-order valence-corrected chi connectivity index (χ1v) is 10.7. The van der Waals surface area contributed by atoms with Gasteiger partial charge < -0.3 is 9.84 Å². The standard InChI is InChI=1S/C27H25F3N2O2/c1-17-9-14-23(34-4)21(15-17)18-10-12-19(13-11-18)32-16-24(26(2,3)33)31-25(32)20-7-5-6-8-22(20)27(28,29)30/h5-16,33H,1-4H3. The van der Waals surface area contributed by atoms with Crippen LogP contribution in [-0.2, 0) is 11.8 Å². The average molecular weight is 467 g/mol. The molecule has 0 aliphatic rings. The number of aryl methyl sites for hydroxylation is 1. The number of benzene rings is 3. The van der Waals surface area contributed by atoms with E-state index in [1.165, 1.54) is 12.1 Å². The molecule has 3 aromatic carbocycles. The van der Waals surface area contributed by atoms with Crippen molar-refractivity contribution >= 4 is 0 Å². The summed E-state index contributed by atoms with van der Waals surface area (Å²) >= 11 is 0. The lowest BCUT2D eigenvalue weighted by Crippen LogP contribution is -2.15. The molecule has 0 bridgehead atoms. The van der Waals surface area contributed by atoms with Crippen molar-refractivity contribution < 1.29 is 23.0 Å². The molecule has 1 heterocycles. The van der Waals surface area contributed by atoms with Crippen LogP contribution in [0, 0.1) is 6.92 Å². The summed E-state index contributed by atoms with van der Waals surface area (Å²) in [4.78, 5) is 4.41. The molecule has 0 aliphatic heterocycles. The van der Waals surface area contributed by atoms with Crippen molar-refractivity contribution in [2.75, 3.05) is 7.11 Å². The Hall–Kier alpha value is -3.58. The van der Waals surface area contributed by atoms with Crippen molar-refractivity contribution in [1.29, 1.82) is 0 Å². The highest BCUT2D eigenvalue weighted by Crippen LogP contribution is 2.38. The van der Waals surface area contributed by atoms with Gasteiger partial charge in [0.1, 0.15) is 17.2 Å². The van der Waals surface area contributed by atoms with Gasteiger partial charge in [0.05, 0.1) is 18.4 Å². The summed E-state index contributed by atoms with van der Waals surface area (Å²) in [6.07, 6.45) is -2.97. The summed E-state index contributed by atoms with van der Waals surface area (Å²) in [6, 6.07) is 18.6. The molecule has 34 heavy (non-hydrogen) atoms. The minimum absolute atomic E-state index is 0.0603. The Morgan fingerprint density at radius 2 is 1.59 bits per heavy atom. The smallest absolute Gasteiger partial charge is 0.417 e. The van der Waals surface area contributed by atoms with E-state index in [2.05, 4.69) is 4.98 Å². The van der Waals surface area contributed by atoms with Gasteiger partial charge >= 0.3 is 6.18 Å². The van der Waals surface area contributed by atoms with E-state index >= 15 is 0 Å². The van der Waals surface area contributed by atoms with Gasteiger partial charge in [-0.25, -0.2) is 4.98 Å². The van der Waals surface area contributed by atoms with Crippen LogP contribution in [0.25, 0.3) is 28.2 Å². The summed E-state index contributed by atoms with van der Waals surface area (Å²) in [7, 11) is 1.61. The fourth-order valence-electron chi connectivity index (χ4n) is 3.84. The van der Waals surface area contributed by atoms with E-state index < -0.39 is 17.3 Å². The number of aromatic nitrogens is 2. The van der Waals surface area contributed by atoms with Crippen LogP contribution in [0.5, 0.6) is 5.75 Å². The maximum atomic E-state index is 13.8. The first-order chi connectivity index (χ1) is 16.0. The summed E-state index contributed by atoms with van der Waals surface area (Å²) in [5, 5.41) is 10.5. The van der Waals surface area contributed by atoms with Gasteiger partial charge in [-0.05, 0) is 56.7 Å². The number of aliphatic hydroxyl groups is 1. The van der Waals surface area contributed by atoms with Gasteiger partial charge in [-0.2, -0.15) is 13.2 Å². The maximum Gasteiger partial charge on any atom is 0.417 e. The number of ether oxygens (including phenoxy) is 1. The molecule has 0 fully saturated rings. The van der Waals surface area contributed by atoms with Crippen LogP contribution in [0.4, 0.5) is 13.2 Å². The molecule has 7 heteroatoms. The zero-order valence-corrected chi connectivity index (χ0v) is 19.3. The zero-order chi connectivity index (χ0) is 24.7. The summed E-state index contributed by atoms with van der Waals surface area (Å²) < 4.78 is 48.3. The zero-order valence-electron chi connectivity index (χ0n) is 19.3. The maximum absolute atomic E-state index is 13.8. The van der Waals surface area contributed by atoms with Gasteiger partial charge in [0, 0.05) is 23.0 Å². The number of hydrogen-bond acceptors (Lipinski definition) is 3. The molecule has 4 aromatic rings. The third-order valence-electron chi connectivity index (χ3n) is 5.62. The number of alkyl halides is 3. The minimum atomic E-state index is -4.55. The second kappa shape index (κ2) is 8.65. The SMILES string of the molecule is COc1ccc(C)cc1-c1ccc(-n2cc(C(C)(C)O)nc2-c2ccccc2C(F)(F)F)cc1. The van der Waals surface area contributed by atoms with E-state index in [0.29, 0.717) is 5.69 Å². The predicted octanol–water partition coefficient (Wildman–Crippen LogP) is 6.77. The Morgan fingerprint density at radius 1 is 0.912 bits per heavy atom. The highest BCUT2D eigenvalue weighted by atomic mass is 19.4. The van der Waals surface area contributed by atoms with E-state index in [4.69, 9.17) is 4.74 Å². The van der Waals surface area contributed by atoms with Crippen molar-refractivity contribution in [2.24, 2.45) is 0 Å². The minimum Gasteiger partial charge on any atom is -0.496 e. The number of hydrogen-bond donors (Lipinski definition) is 1. The lowest BCUT2D eigenvalue weighted by molar-refractivity contribution is -0.137. The second-order valence-corrected chi connectivity index (χ2v) is 8.67. The molecule has 0 saturated heterocycles. The number of nitrogens with zero attached hydrogens (tertiary/aromatic N) is 2. The van der Waals surface area contributed by atoms with E-state index in [-0.39, 0.29) is 17.1 Å². The monoisotopic (exact) mass is 466 g/mol. The highest BCUT2D eigenvalue weighted by molar-refractivity contribution is 5.72. The molecule has 4 rings (SSSR count). The summed E-state index contributed by atoms with van der Waals surface area (Å²) in [5.74, 6) is 0.830. The lowest BCUT2D eigenvalue weighted by Gasteiger charge is -2.15. The molecule has 4 nitrogen and oxygen atoms in total. The molecular formula is C27H25F3N2O2. The first-order valence-electron chi connectivity index (χ1n) is 10.7. The average Bonchev–Trinajstić information content (AvgIpc) is 3.25. The first kappa shape index (κ1) is 23.6. The Bertz CT molecular complexity index is 1320. The van der Waals surface area contributed by atoms with Crippen molar-refractivity contribution in [3.05, 3.63) is 89.7 Å².